The standard InChI is InChI=1S/C23H19N5O/c29-23-19(14-21-24-11-12-25-21)27-22-18(13-16-7-3-1-4-8-16)26-20(15-28(22)23)17-9-5-2-6-10-17/h1-12,15,19H,13-14H2,(H,24,25)/p+1. The third-order valence-corrected chi connectivity index (χ3v) is 5.10. The van der Waals surface area contributed by atoms with Crippen molar-refractivity contribution in [1.82, 2.24) is 15.0 Å². The molecule has 5 rings (SSSR count). The number of hydrogen-bond acceptors (Lipinski definition) is 4. The van der Waals surface area contributed by atoms with E-state index < -0.39 is 0 Å². The quantitative estimate of drug-likeness (QED) is 0.521. The zero-order valence-electron chi connectivity index (χ0n) is 15.7. The van der Waals surface area contributed by atoms with Gasteiger partial charge in [0.15, 0.2) is 0 Å². The van der Waals surface area contributed by atoms with Crippen molar-refractivity contribution in [2.45, 2.75) is 18.9 Å². The number of imidazole rings is 1. The summed E-state index contributed by atoms with van der Waals surface area (Å²) in [5.41, 5.74) is 3.78. The number of nitrogens with zero attached hydrogens (tertiary/aromatic N) is 3. The summed E-state index contributed by atoms with van der Waals surface area (Å²) in [6.07, 6.45) is 6.44. The van der Waals surface area contributed by atoms with Gasteiger partial charge in [-0.25, -0.2) is 14.8 Å². The van der Waals surface area contributed by atoms with E-state index in [0.717, 1.165) is 34.2 Å². The number of rotatable bonds is 5. The van der Waals surface area contributed by atoms with E-state index in [-0.39, 0.29) is 11.9 Å². The molecular weight excluding hydrogens is 362 g/mol. The SMILES string of the molecule is O=C1C(Cc2ncc[nH]2)Nc2c(Cc3ccccc3)nc(-c3ccccc3)c[n+]21. The number of nitrogens with one attached hydrogen (secondary N) is 2. The molecule has 4 aromatic rings. The van der Waals surface area contributed by atoms with Crippen LogP contribution in [-0.4, -0.2) is 26.9 Å². The van der Waals surface area contributed by atoms with E-state index in [4.69, 9.17) is 4.98 Å². The summed E-state index contributed by atoms with van der Waals surface area (Å²) in [5.74, 6) is 1.55. The van der Waals surface area contributed by atoms with Gasteiger partial charge < -0.3 is 4.98 Å². The Morgan fingerprint density at radius 2 is 1.76 bits per heavy atom. The first-order valence-electron chi connectivity index (χ1n) is 9.62. The monoisotopic (exact) mass is 382 g/mol. The van der Waals surface area contributed by atoms with Crippen LogP contribution >= 0.6 is 0 Å². The van der Waals surface area contributed by atoms with Crippen LogP contribution in [0, 0.1) is 0 Å². The molecule has 142 valence electrons. The Balaban J connectivity index is 1.56. The third kappa shape index (κ3) is 3.40. The average Bonchev–Trinajstić information content (AvgIpc) is 3.38. The van der Waals surface area contributed by atoms with Crippen molar-refractivity contribution in [1.29, 1.82) is 0 Å². The molecule has 1 atom stereocenters. The highest BCUT2D eigenvalue weighted by Crippen LogP contribution is 2.24. The number of carbonyl (C=O) groups is 1. The Bertz CT molecular complexity index is 1140. The lowest BCUT2D eigenvalue weighted by atomic mass is 10.1. The Morgan fingerprint density at radius 1 is 1.00 bits per heavy atom. The molecule has 0 aliphatic carbocycles. The molecule has 2 aromatic heterocycles. The summed E-state index contributed by atoms with van der Waals surface area (Å²) >= 11 is 0. The second-order valence-corrected chi connectivity index (χ2v) is 7.10. The van der Waals surface area contributed by atoms with Crippen LogP contribution in [0.25, 0.3) is 11.3 Å². The molecule has 0 saturated carbocycles. The summed E-state index contributed by atoms with van der Waals surface area (Å²) in [6, 6.07) is 19.8. The Labute approximate surface area is 168 Å². The molecule has 1 aliphatic heterocycles. The van der Waals surface area contributed by atoms with Gasteiger partial charge in [0, 0.05) is 24.4 Å². The molecule has 3 heterocycles. The van der Waals surface area contributed by atoms with Gasteiger partial charge in [0.1, 0.15) is 23.4 Å². The summed E-state index contributed by atoms with van der Waals surface area (Å²) in [7, 11) is 0. The Kier molecular flexibility index (Phi) is 4.37. The molecule has 2 aromatic carbocycles. The first-order valence-corrected chi connectivity index (χ1v) is 9.62. The second kappa shape index (κ2) is 7.31. The lowest BCUT2D eigenvalue weighted by Gasteiger charge is -2.07. The summed E-state index contributed by atoms with van der Waals surface area (Å²) < 4.78 is 1.71. The molecule has 6 nitrogen and oxygen atoms in total. The van der Waals surface area contributed by atoms with Crippen molar-refractivity contribution in [2.24, 2.45) is 0 Å². The highest BCUT2D eigenvalue weighted by molar-refractivity contribution is 5.82. The van der Waals surface area contributed by atoms with Crippen LogP contribution in [-0.2, 0) is 12.8 Å². The molecule has 0 fully saturated rings. The van der Waals surface area contributed by atoms with Crippen LogP contribution in [0.5, 0.6) is 0 Å². The topological polar surface area (TPSA) is 74.5 Å². The zero-order valence-corrected chi connectivity index (χ0v) is 15.7. The predicted molar refractivity (Wildman–Crippen MR) is 109 cm³/mol. The average molecular weight is 382 g/mol. The maximum atomic E-state index is 13.1. The fourth-order valence-corrected chi connectivity index (χ4v) is 3.68. The van der Waals surface area contributed by atoms with Crippen molar-refractivity contribution < 1.29 is 9.36 Å². The fourth-order valence-electron chi connectivity index (χ4n) is 3.68. The van der Waals surface area contributed by atoms with E-state index in [9.17, 15) is 4.79 Å². The van der Waals surface area contributed by atoms with Gasteiger partial charge in [-0.2, -0.15) is 4.57 Å². The zero-order chi connectivity index (χ0) is 19.6. The lowest BCUT2D eigenvalue weighted by Crippen LogP contribution is -2.44. The molecule has 0 bridgehead atoms. The van der Waals surface area contributed by atoms with E-state index in [1.165, 1.54) is 0 Å². The third-order valence-electron chi connectivity index (χ3n) is 5.10. The van der Waals surface area contributed by atoms with E-state index in [2.05, 4.69) is 27.4 Å². The molecule has 1 aliphatic rings. The molecule has 0 saturated heterocycles. The first kappa shape index (κ1) is 17.3. The van der Waals surface area contributed by atoms with Crippen LogP contribution in [0.4, 0.5) is 5.82 Å². The van der Waals surface area contributed by atoms with Gasteiger partial charge >= 0.3 is 11.7 Å². The predicted octanol–water partition coefficient (Wildman–Crippen LogP) is 3.03. The van der Waals surface area contributed by atoms with Crippen molar-refractivity contribution >= 4 is 11.7 Å². The van der Waals surface area contributed by atoms with Gasteiger partial charge in [-0.15, -0.1) is 0 Å². The van der Waals surface area contributed by atoms with Crippen LogP contribution < -0.4 is 9.88 Å². The van der Waals surface area contributed by atoms with Crippen LogP contribution in [0.15, 0.2) is 79.3 Å². The molecule has 29 heavy (non-hydrogen) atoms. The van der Waals surface area contributed by atoms with Crippen molar-refractivity contribution in [3.8, 4) is 11.3 Å². The minimum absolute atomic E-state index is 0.00490. The maximum absolute atomic E-state index is 13.1. The highest BCUT2D eigenvalue weighted by Gasteiger charge is 2.41. The lowest BCUT2D eigenvalue weighted by molar-refractivity contribution is -0.552. The van der Waals surface area contributed by atoms with Gasteiger partial charge in [0.05, 0.1) is 6.42 Å². The minimum atomic E-state index is -0.372. The number of H-pyrrole nitrogens is 1. The minimum Gasteiger partial charge on any atom is -0.348 e. The van der Waals surface area contributed by atoms with Gasteiger partial charge in [0.2, 0.25) is 6.04 Å². The Morgan fingerprint density at radius 3 is 2.48 bits per heavy atom. The highest BCUT2D eigenvalue weighted by atomic mass is 16.2. The molecule has 6 heteroatoms. The molecule has 0 amide bonds. The van der Waals surface area contributed by atoms with Crippen LogP contribution in [0.3, 0.4) is 0 Å². The number of aromatic nitrogens is 4. The summed E-state index contributed by atoms with van der Waals surface area (Å²) in [4.78, 5) is 25.4. The van der Waals surface area contributed by atoms with Crippen LogP contribution in [0.1, 0.15) is 21.9 Å². The van der Waals surface area contributed by atoms with Crippen LogP contribution in [0.2, 0.25) is 0 Å². The number of anilines is 1. The number of benzene rings is 2. The molecule has 0 radical (unpaired) electrons. The van der Waals surface area contributed by atoms with E-state index in [1.807, 2.05) is 54.7 Å². The largest absolute Gasteiger partial charge is 0.359 e. The number of carbonyl (C=O) groups excluding carboxylic acids is 1. The van der Waals surface area contributed by atoms with Crippen molar-refractivity contribution in [3.63, 3.8) is 0 Å². The fraction of sp³-hybridized carbons (Fsp3) is 0.130. The van der Waals surface area contributed by atoms with Gasteiger partial charge in [-0.1, -0.05) is 60.7 Å². The van der Waals surface area contributed by atoms with E-state index in [1.54, 1.807) is 17.0 Å². The Hall–Kier alpha value is -3.80. The number of fused-ring (bicyclic) bond motifs is 1. The first-order chi connectivity index (χ1) is 14.3. The normalized spacial score (nSPS) is 15.2. The van der Waals surface area contributed by atoms with Gasteiger partial charge in [-0.05, 0) is 5.56 Å². The summed E-state index contributed by atoms with van der Waals surface area (Å²) in [5, 5.41) is 3.38. The molecule has 2 N–H and O–H groups in total. The van der Waals surface area contributed by atoms with Crippen molar-refractivity contribution in [3.05, 3.63) is 96.3 Å². The molecule has 1 unspecified atom stereocenters. The van der Waals surface area contributed by atoms with Crippen molar-refractivity contribution in [2.75, 3.05) is 5.32 Å². The smallest absolute Gasteiger partial charge is 0.348 e. The molecular formula is C23H20N5O+. The van der Waals surface area contributed by atoms with Gasteiger partial charge in [-0.3, -0.25) is 5.32 Å². The maximum Gasteiger partial charge on any atom is 0.359 e. The second-order valence-electron chi connectivity index (χ2n) is 7.10. The van der Waals surface area contributed by atoms with Gasteiger partial charge in [0.25, 0.3) is 0 Å². The summed E-state index contributed by atoms with van der Waals surface area (Å²) in [6.45, 7) is 0. The van der Waals surface area contributed by atoms with E-state index in [0.29, 0.717) is 12.8 Å². The number of hydrogen-bond donors (Lipinski definition) is 2. The number of aromatic amines is 1. The molecule has 0 spiro atoms. The van der Waals surface area contributed by atoms with E-state index >= 15 is 0 Å².